The lowest BCUT2D eigenvalue weighted by Crippen LogP contribution is -2.30. The quantitative estimate of drug-likeness (QED) is 0.678. The van der Waals surface area contributed by atoms with E-state index >= 15 is 0 Å². The fourth-order valence-electron chi connectivity index (χ4n) is 2.21. The molecule has 0 radical (unpaired) electrons. The van der Waals surface area contributed by atoms with Crippen LogP contribution in [-0.4, -0.2) is 31.8 Å². The molecule has 7 nitrogen and oxygen atoms in total. The van der Waals surface area contributed by atoms with Crippen LogP contribution >= 0.6 is 0 Å². The molecule has 0 aromatic carbocycles. The van der Waals surface area contributed by atoms with Gasteiger partial charge in [0.15, 0.2) is 5.82 Å². The summed E-state index contributed by atoms with van der Waals surface area (Å²) < 4.78 is 1.97. The van der Waals surface area contributed by atoms with Crippen LogP contribution in [0, 0.1) is 0 Å². The van der Waals surface area contributed by atoms with Crippen molar-refractivity contribution < 1.29 is 0 Å². The highest BCUT2D eigenvalue weighted by atomic mass is 15.3. The van der Waals surface area contributed by atoms with E-state index in [2.05, 4.69) is 30.8 Å². The summed E-state index contributed by atoms with van der Waals surface area (Å²) in [4.78, 5) is 7.45. The van der Waals surface area contributed by atoms with Gasteiger partial charge in [-0.15, -0.1) is 10.2 Å². The number of aromatic amines is 1. The van der Waals surface area contributed by atoms with Gasteiger partial charge in [-0.2, -0.15) is 0 Å². The maximum atomic E-state index is 4.32. The van der Waals surface area contributed by atoms with Crippen molar-refractivity contribution in [1.82, 2.24) is 30.0 Å². The van der Waals surface area contributed by atoms with E-state index < -0.39 is 0 Å². The third-order valence-corrected chi connectivity index (χ3v) is 3.17. The van der Waals surface area contributed by atoms with Gasteiger partial charge in [-0.25, -0.2) is 4.98 Å². The molecule has 1 aliphatic rings. The predicted octanol–water partition coefficient (Wildman–Crippen LogP) is -0.0331. The average Bonchev–Trinajstić information content (AvgIpc) is 2.94. The summed E-state index contributed by atoms with van der Waals surface area (Å²) in [6.07, 6.45) is 2.58. The second-order valence-electron chi connectivity index (χ2n) is 4.16. The van der Waals surface area contributed by atoms with Gasteiger partial charge in [0.05, 0.1) is 23.8 Å². The zero-order valence-electron chi connectivity index (χ0n) is 9.86. The van der Waals surface area contributed by atoms with E-state index in [1.807, 2.05) is 18.7 Å². The van der Waals surface area contributed by atoms with Crippen LogP contribution in [0.1, 0.15) is 23.3 Å². The summed E-state index contributed by atoms with van der Waals surface area (Å²) in [6.45, 7) is 0.793. The Kier molecular flexibility index (Phi) is 2.32. The average molecular weight is 233 g/mol. The first-order chi connectivity index (χ1) is 8.29. The fraction of sp³-hybridized carbons (Fsp3) is 0.500. The highest BCUT2D eigenvalue weighted by Gasteiger charge is 2.25. The topological polar surface area (TPSA) is 83.5 Å². The Morgan fingerprint density at radius 3 is 3.12 bits per heavy atom. The minimum Gasteiger partial charge on any atom is -0.357 e. The molecule has 3 rings (SSSR count). The highest BCUT2D eigenvalue weighted by molar-refractivity contribution is 5.26. The zero-order chi connectivity index (χ0) is 11.8. The van der Waals surface area contributed by atoms with Crippen molar-refractivity contribution in [3.8, 4) is 0 Å². The molecule has 17 heavy (non-hydrogen) atoms. The number of H-pyrrole nitrogens is 1. The van der Waals surface area contributed by atoms with Gasteiger partial charge in [0.25, 0.3) is 0 Å². The molecule has 3 N–H and O–H groups in total. The van der Waals surface area contributed by atoms with E-state index in [0.29, 0.717) is 0 Å². The number of imidazole rings is 1. The monoisotopic (exact) mass is 233 g/mol. The first-order valence-electron chi connectivity index (χ1n) is 5.61. The molecule has 0 saturated heterocycles. The van der Waals surface area contributed by atoms with Crippen molar-refractivity contribution >= 4 is 5.95 Å². The van der Waals surface area contributed by atoms with E-state index in [1.54, 1.807) is 6.33 Å². The minimum absolute atomic E-state index is 0.172. The van der Waals surface area contributed by atoms with Crippen molar-refractivity contribution in [2.75, 3.05) is 12.4 Å². The van der Waals surface area contributed by atoms with Crippen LogP contribution in [0.15, 0.2) is 6.33 Å². The summed E-state index contributed by atoms with van der Waals surface area (Å²) in [5.41, 5.74) is 2.28. The van der Waals surface area contributed by atoms with Crippen molar-refractivity contribution in [3.63, 3.8) is 0 Å². The SMILES string of the molecule is CNc1nnc(C2Cc3nc[nH]c3CN2)n1C. The van der Waals surface area contributed by atoms with Crippen molar-refractivity contribution in [2.45, 2.75) is 19.0 Å². The molecular weight excluding hydrogens is 218 g/mol. The molecule has 0 aliphatic carbocycles. The van der Waals surface area contributed by atoms with E-state index in [1.165, 1.54) is 0 Å². The number of nitrogens with zero attached hydrogens (tertiary/aromatic N) is 4. The second-order valence-corrected chi connectivity index (χ2v) is 4.16. The molecule has 2 aromatic rings. The first kappa shape index (κ1) is 10.3. The lowest BCUT2D eigenvalue weighted by atomic mass is 10.1. The number of fused-ring (bicyclic) bond motifs is 1. The summed E-state index contributed by atoms with van der Waals surface area (Å²) in [5.74, 6) is 1.71. The molecular formula is C10H15N7. The molecule has 1 unspecified atom stereocenters. The normalized spacial score (nSPS) is 19.1. The molecule has 0 bridgehead atoms. The van der Waals surface area contributed by atoms with E-state index in [0.717, 1.165) is 36.1 Å². The predicted molar refractivity (Wildman–Crippen MR) is 62.4 cm³/mol. The molecule has 7 heteroatoms. The number of aromatic nitrogens is 5. The highest BCUT2D eigenvalue weighted by Crippen LogP contribution is 2.23. The number of hydrogen-bond donors (Lipinski definition) is 3. The Labute approximate surface area is 98.7 Å². The molecule has 0 amide bonds. The number of anilines is 1. The van der Waals surface area contributed by atoms with Crippen LogP contribution in [0.5, 0.6) is 0 Å². The number of nitrogens with one attached hydrogen (secondary N) is 3. The van der Waals surface area contributed by atoms with E-state index in [-0.39, 0.29) is 6.04 Å². The third kappa shape index (κ3) is 1.59. The summed E-state index contributed by atoms with van der Waals surface area (Å²) in [6, 6.07) is 0.172. The van der Waals surface area contributed by atoms with Gasteiger partial charge < -0.3 is 15.6 Å². The van der Waals surface area contributed by atoms with Gasteiger partial charge in [0, 0.05) is 27.1 Å². The Balaban J connectivity index is 1.89. The van der Waals surface area contributed by atoms with Gasteiger partial charge in [-0.05, 0) is 0 Å². The van der Waals surface area contributed by atoms with Crippen LogP contribution in [-0.2, 0) is 20.0 Å². The van der Waals surface area contributed by atoms with Gasteiger partial charge in [0.2, 0.25) is 5.95 Å². The third-order valence-electron chi connectivity index (χ3n) is 3.17. The molecule has 0 fully saturated rings. The van der Waals surface area contributed by atoms with Gasteiger partial charge in [-0.1, -0.05) is 0 Å². The minimum atomic E-state index is 0.172. The Morgan fingerprint density at radius 2 is 2.35 bits per heavy atom. The molecule has 3 heterocycles. The van der Waals surface area contributed by atoms with Crippen LogP contribution in [0.4, 0.5) is 5.95 Å². The van der Waals surface area contributed by atoms with Crippen molar-refractivity contribution in [3.05, 3.63) is 23.5 Å². The Hall–Kier alpha value is -1.89. The van der Waals surface area contributed by atoms with Gasteiger partial charge in [0.1, 0.15) is 0 Å². The molecule has 0 saturated carbocycles. The summed E-state index contributed by atoms with van der Waals surface area (Å²) >= 11 is 0. The largest absolute Gasteiger partial charge is 0.357 e. The fourth-order valence-corrected chi connectivity index (χ4v) is 2.21. The molecule has 1 aliphatic heterocycles. The Morgan fingerprint density at radius 1 is 1.47 bits per heavy atom. The first-order valence-corrected chi connectivity index (χ1v) is 5.61. The standard InChI is InChI=1S/C10H15N7/c1-11-10-16-15-9(17(10)2)7-3-6-8(4-12-7)14-5-13-6/h5,7,12H,3-4H2,1-2H3,(H,11,16)(H,13,14). The van der Waals surface area contributed by atoms with Crippen LogP contribution in [0.2, 0.25) is 0 Å². The van der Waals surface area contributed by atoms with Gasteiger partial charge >= 0.3 is 0 Å². The molecule has 0 spiro atoms. The number of hydrogen-bond acceptors (Lipinski definition) is 5. The lowest BCUT2D eigenvalue weighted by Gasteiger charge is -2.22. The maximum Gasteiger partial charge on any atom is 0.224 e. The summed E-state index contributed by atoms with van der Waals surface area (Å²) in [7, 11) is 3.80. The van der Waals surface area contributed by atoms with Gasteiger partial charge in [-0.3, -0.25) is 4.57 Å². The zero-order valence-corrected chi connectivity index (χ0v) is 9.86. The van der Waals surface area contributed by atoms with E-state index in [4.69, 9.17) is 0 Å². The molecule has 90 valence electrons. The van der Waals surface area contributed by atoms with Crippen LogP contribution in [0.3, 0.4) is 0 Å². The van der Waals surface area contributed by atoms with Crippen molar-refractivity contribution in [2.24, 2.45) is 7.05 Å². The molecule has 1 atom stereocenters. The second kappa shape index (κ2) is 3.85. The summed E-state index contributed by atoms with van der Waals surface area (Å²) in [5, 5.41) is 14.7. The Bertz CT molecular complexity index is 526. The van der Waals surface area contributed by atoms with Crippen molar-refractivity contribution in [1.29, 1.82) is 0 Å². The van der Waals surface area contributed by atoms with Crippen LogP contribution < -0.4 is 10.6 Å². The van der Waals surface area contributed by atoms with Crippen LogP contribution in [0.25, 0.3) is 0 Å². The van der Waals surface area contributed by atoms with E-state index in [9.17, 15) is 0 Å². The lowest BCUT2D eigenvalue weighted by molar-refractivity contribution is 0.456. The molecule has 2 aromatic heterocycles. The number of rotatable bonds is 2. The maximum absolute atomic E-state index is 4.32. The smallest absolute Gasteiger partial charge is 0.224 e.